The highest BCUT2D eigenvalue weighted by Crippen LogP contribution is 2.27. The molecule has 1 rings (SSSR count). The SMILES string of the molecule is CC(C)NCc1c(Br)cccc1OC(C)C. The fourth-order valence-electron chi connectivity index (χ4n) is 1.38. The third-order valence-electron chi connectivity index (χ3n) is 2.13. The lowest BCUT2D eigenvalue weighted by Crippen LogP contribution is -2.22. The van der Waals surface area contributed by atoms with Gasteiger partial charge in [0.1, 0.15) is 5.75 Å². The first kappa shape index (κ1) is 13.5. The van der Waals surface area contributed by atoms with Crippen molar-refractivity contribution < 1.29 is 4.74 Å². The summed E-state index contributed by atoms with van der Waals surface area (Å²) in [6.45, 7) is 9.18. The molecule has 0 unspecified atom stereocenters. The molecule has 0 heterocycles. The van der Waals surface area contributed by atoms with Gasteiger partial charge in [0.2, 0.25) is 0 Å². The maximum absolute atomic E-state index is 5.79. The molecule has 1 aromatic carbocycles. The molecule has 0 radical (unpaired) electrons. The van der Waals surface area contributed by atoms with Crippen LogP contribution in [0.4, 0.5) is 0 Å². The molecule has 2 nitrogen and oxygen atoms in total. The molecule has 3 heteroatoms. The number of hydrogen-bond donors (Lipinski definition) is 1. The summed E-state index contributed by atoms with van der Waals surface area (Å²) in [6, 6.07) is 6.53. The van der Waals surface area contributed by atoms with Crippen LogP contribution in [0, 0.1) is 0 Å². The van der Waals surface area contributed by atoms with E-state index in [9.17, 15) is 0 Å². The number of rotatable bonds is 5. The molecule has 0 spiro atoms. The van der Waals surface area contributed by atoms with Crippen LogP contribution in [0.25, 0.3) is 0 Å². The zero-order valence-corrected chi connectivity index (χ0v) is 12.0. The van der Waals surface area contributed by atoms with Crippen LogP contribution in [-0.4, -0.2) is 12.1 Å². The first-order chi connectivity index (χ1) is 7.50. The predicted octanol–water partition coefficient (Wildman–Crippen LogP) is 3.73. The Morgan fingerprint density at radius 1 is 1.25 bits per heavy atom. The van der Waals surface area contributed by atoms with E-state index in [2.05, 4.69) is 35.1 Å². The van der Waals surface area contributed by atoms with Gasteiger partial charge in [0, 0.05) is 22.6 Å². The van der Waals surface area contributed by atoms with E-state index >= 15 is 0 Å². The van der Waals surface area contributed by atoms with E-state index in [1.165, 1.54) is 5.56 Å². The smallest absolute Gasteiger partial charge is 0.125 e. The van der Waals surface area contributed by atoms with Crippen molar-refractivity contribution in [2.75, 3.05) is 0 Å². The van der Waals surface area contributed by atoms with E-state index in [-0.39, 0.29) is 6.10 Å². The van der Waals surface area contributed by atoms with Crippen LogP contribution < -0.4 is 10.1 Å². The second-order valence-corrected chi connectivity index (χ2v) is 5.27. The van der Waals surface area contributed by atoms with Crippen LogP contribution in [0.15, 0.2) is 22.7 Å². The Bertz CT molecular complexity index is 337. The molecule has 0 saturated heterocycles. The minimum absolute atomic E-state index is 0.201. The highest BCUT2D eigenvalue weighted by molar-refractivity contribution is 9.10. The molecule has 16 heavy (non-hydrogen) atoms. The summed E-state index contributed by atoms with van der Waals surface area (Å²) in [5, 5.41) is 3.41. The van der Waals surface area contributed by atoms with Crippen LogP contribution >= 0.6 is 15.9 Å². The summed E-state index contributed by atoms with van der Waals surface area (Å²) in [4.78, 5) is 0. The van der Waals surface area contributed by atoms with Gasteiger partial charge >= 0.3 is 0 Å². The van der Waals surface area contributed by atoms with Gasteiger partial charge in [0.15, 0.2) is 0 Å². The molecular formula is C13H20BrNO. The maximum atomic E-state index is 5.79. The quantitative estimate of drug-likeness (QED) is 0.890. The molecule has 90 valence electrons. The highest BCUT2D eigenvalue weighted by atomic mass is 79.9. The Kier molecular flexibility index (Phi) is 5.29. The van der Waals surface area contributed by atoms with E-state index < -0.39 is 0 Å². The molecule has 0 fully saturated rings. The van der Waals surface area contributed by atoms with Crippen molar-refractivity contribution in [2.24, 2.45) is 0 Å². The van der Waals surface area contributed by atoms with Crippen LogP contribution in [0.3, 0.4) is 0 Å². The summed E-state index contributed by atoms with van der Waals surface area (Å²) in [6.07, 6.45) is 0.201. The van der Waals surface area contributed by atoms with Crippen molar-refractivity contribution in [1.82, 2.24) is 5.32 Å². The van der Waals surface area contributed by atoms with Crippen molar-refractivity contribution in [1.29, 1.82) is 0 Å². The number of hydrogen-bond acceptors (Lipinski definition) is 2. The Morgan fingerprint density at radius 3 is 2.50 bits per heavy atom. The van der Waals surface area contributed by atoms with Crippen LogP contribution in [-0.2, 0) is 6.54 Å². The highest BCUT2D eigenvalue weighted by Gasteiger charge is 2.09. The number of benzene rings is 1. The first-order valence-electron chi connectivity index (χ1n) is 5.68. The molecule has 0 bridgehead atoms. The maximum Gasteiger partial charge on any atom is 0.125 e. The molecule has 0 amide bonds. The van der Waals surface area contributed by atoms with Gasteiger partial charge in [-0.05, 0) is 26.0 Å². The Balaban J connectivity index is 2.85. The Labute approximate surface area is 107 Å². The third-order valence-corrected chi connectivity index (χ3v) is 2.87. The second kappa shape index (κ2) is 6.26. The zero-order valence-electron chi connectivity index (χ0n) is 10.4. The molecule has 1 N–H and O–H groups in total. The van der Waals surface area contributed by atoms with E-state index in [0.717, 1.165) is 16.8 Å². The molecule has 0 aromatic heterocycles. The van der Waals surface area contributed by atoms with Crippen LogP contribution in [0.5, 0.6) is 5.75 Å². The van der Waals surface area contributed by atoms with Crippen molar-refractivity contribution >= 4 is 15.9 Å². The minimum atomic E-state index is 0.201. The zero-order chi connectivity index (χ0) is 12.1. The van der Waals surface area contributed by atoms with E-state index in [1.807, 2.05) is 32.0 Å². The summed E-state index contributed by atoms with van der Waals surface area (Å²) in [7, 11) is 0. The summed E-state index contributed by atoms with van der Waals surface area (Å²) in [5.74, 6) is 0.956. The van der Waals surface area contributed by atoms with Gasteiger partial charge in [-0.1, -0.05) is 35.8 Å². The van der Waals surface area contributed by atoms with Crippen molar-refractivity contribution in [3.63, 3.8) is 0 Å². The van der Waals surface area contributed by atoms with Gasteiger partial charge in [-0.3, -0.25) is 0 Å². The van der Waals surface area contributed by atoms with Gasteiger partial charge in [0.25, 0.3) is 0 Å². The fraction of sp³-hybridized carbons (Fsp3) is 0.538. The molecule has 0 saturated carbocycles. The molecule has 1 aromatic rings. The lowest BCUT2D eigenvalue weighted by atomic mass is 10.2. The van der Waals surface area contributed by atoms with Gasteiger partial charge in [-0.25, -0.2) is 0 Å². The molecular weight excluding hydrogens is 266 g/mol. The average Bonchev–Trinajstić information content (AvgIpc) is 2.15. The molecule has 0 aliphatic heterocycles. The normalized spacial score (nSPS) is 11.2. The van der Waals surface area contributed by atoms with Gasteiger partial charge in [-0.2, -0.15) is 0 Å². The molecule has 0 aliphatic rings. The molecule has 0 atom stereocenters. The first-order valence-corrected chi connectivity index (χ1v) is 6.47. The summed E-state index contributed by atoms with van der Waals surface area (Å²) < 4.78 is 6.88. The minimum Gasteiger partial charge on any atom is -0.491 e. The third kappa shape index (κ3) is 4.14. The van der Waals surface area contributed by atoms with Crippen molar-refractivity contribution in [2.45, 2.75) is 46.4 Å². The van der Waals surface area contributed by atoms with Crippen LogP contribution in [0.2, 0.25) is 0 Å². The van der Waals surface area contributed by atoms with Crippen LogP contribution in [0.1, 0.15) is 33.3 Å². The second-order valence-electron chi connectivity index (χ2n) is 4.42. The van der Waals surface area contributed by atoms with E-state index in [1.54, 1.807) is 0 Å². The lowest BCUT2D eigenvalue weighted by molar-refractivity contribution is 0.239. The van der Waals surface area contributed by atoms with Crippen molar-refractivity contribution in [3.8, 4) is 5.75 Å². The monoisotopic (exact) mass is 285 g/mol. The standard InChI is InChI=1S/C13H20BrNO/c1-9(2)15-8-11-12(14)6-5-7-13(11)16-10(3)4/h5-7,9-10,15H,8H2,1-4H3. The Morgan fingerprint density at radius 2 is 1.94 bits per heavy atom. The summed E-state index contributed by atoms with van der Waals surface area (Å²) >= 11 is 3.57. The lowest BCUT2D eigenvalue weighted by Gasteiger charge is -2.17. The molecule has 0 aliphatic carbocycles. The van der Waals surface area contributed by atoms with Gasteiger partial charge in [-0.15, -0.1) is 0 Å². The van der Waals surface area contributed by atoms with Gasteiger partial charge < -0.3 is 10.1 Å². The topological polar surface area (TPSA) is 21.3 Å². The Hall–Kier alpha value is -0.540. The predicted molar refractivity (Wildman–Crippen MR) is 71.9 cm³/mol. The number of nitrogens with one attached hydrogen (secondary N) is 1. The summed E-state index contributed by atoms with van der Waals surface area (Å²) in [5.41, 5.74) is 1.19. The fourth-order valence-corrected chi connectivity index (χ4v) is 1.87. The van der Waals surface area contributed by atoms with E-state index in [4.69, 9.17) is 4.74 Å². The number of ether oxygens (including phenoxy) is 1. The van der Waals surface area contributed by atoms with Gasteiger partial charge in [0.05, 0.1) is 6.10 Å². The number of halogens is 1. The van der Waals surface area contributed by atoms with Crippen molar-refractivity contribution in [3.05, 3.63) is 28.2 Å². The van der Waals surface area contributed by atoms with E-state index in [0.29, 0.717) is 6.04 Å². The largest absolute Gasteiger partial charge is 0.491 e. The average molecular weight is 286 g/mol.